The lowest BCUT2D eigenvalue weighted by molar-refractivity contribution is -0.127. The van der Waals surface area contributed by atoms with Crippen LogP contribution in [-0.2, 0) is 4.79 Å². The van der Waals surface area contributed by atoms with Crippen molar-refractivity contribution in [3.63, 3.8) is 0 Å². The second kappa shape index (κ2) is 8.56. The summed E-state index contributed by atoms with van der Waals surface area (Å²) in [5.41, 5.74) is 4.52. The van der Waals surface area contributed by atoms with Gasteiger partial charge in [0.25, 0.3) is 5.91 Å². The second-order valence-corrected chi connectivity index (χ2v) is 6.42. The predicted octanol–water partition coefficient (Wildman–Crippen LogP) is 3.88. The summed E-state index contributed by atoms with van der Waals surface area (Å²) < 4.78 is 11.5. The van der Waals surface area contributed by atoms with E-state index in [1.54, 1.807) is 6.92 Å². The first kappa shape index (κ1) is 18.8. The van der Waals surface area contributed by atoms with E-state index in [2.05, 4.69) is 11.4 Å². The number of benzene rings is 2. The fourth-order valence-corrected chi connectivity index (χ4v) is 2.60. The summed E-state index contributed by atoms with van der Waals surface area (Å²) in [6.45, 7) is 10.7. The highest BCUT2D eigenvalue weighted by Gasteiger charge is 2.15. The van der Waals surface area contributed by atoms with Crippen molar-refractivity contribution in [3.8, 4) is 11.5 Å². The molecule has 4 heteroatoms. The first-order chi connectivity index (χ1) is 11.9. The third kappa shape index (κ3) is 5.52. The molecule has 0 aliphatic carbocycles. The van der Waals surface area contributed by atoms with Gasteiger partial charge in [0.2, 0.25) is 0 Å². The molecule has 1 amide bonds. The molecule has 0 saturated carbocycles. The lowest BCUT2D eigenvalue weighted by Crippen LogP contribution is -2.38. The number of hydrogen-bond acceptors (Lipinski definition) is 3. The van der Waals surface area contributed by atoms with Crippen molar-refractivity contribution in [1.29, 1.82) is 0 Å². The first-order valence-electron chi connectivity index (χ1n) is 8.58. The fourth-order valence-electron chi connectivity index (χ4n) is 2.60. The number of nitrogens with one attached hydrogen (secondary N) is 1. The van der Waals surface area contributed by atoms with Gasteiger partial charge in [0, 0.05) is 0 Å². The van der Waals surface area contributed by atoms with Crippen LogP contribution in [0.5, 0.6) is 11.5 Å². The summed E-state index contributed by atoms with van der Waals surface area (Å²) in [6, 6.07) is 11.9. The van der Waals surface area contributed by atoms with Crippen LogP contribution in [0.4, 0.5) is 0 Å². The molecule has 0 heterocycles. The first-order valence-corrected chi connectivity index (χ1v) is 8.58. The van der Waals surface area contributed by atoms with Crippen molar-refractivity contribution in [3.05, 3.63) is 58.7 Å². The van der Waals surface area contributed by atoms with Crippen LogP contribution in [0.2, 0.25) is 0 Å². The lowest BCUT2D eigenvalue weighted by atomic mass is 10.1. The topological polar surface area (TPSA) is 47.6 Å². The Balaban J connectivity index is 1.78. The van der Waals surface area contributed by atoms with Gasteiger partial charge in [-0.05, 0) is 75.1 Å². The molecule has 1 atom stereocenters. The minimum absolute atomic E-state index is 0.148. The van der Waals surface area contributed by atoms with Crippen molar-refractivity contribution in [1.82, 2.24) is 5.32 Å². The minimum Gasteiger partial charge on any atom is -0.492 e. The van der Waals surface area contributed by atoms with Crippen molar-refractivity contribution >= 4 is 5.91 Å². The van der Waals surface area contributed by atoms with Crippen LogP contribution >= 0.6 is 0 Å². The van der Waals surface area contributed by atoms with Crippen LogP contribution in [0, 0.1) is 27.7 Å². The van der Waals surface area contributed by atoms with Crippen LogP contribution in [0.15, 0.2) is 36.4 Å². The molecule has 0 fully saturated rings. The molecule has 1 unspecified atom stereocenters. The quantitative estimate of drug-likeness (QED) is 0.778. The lowest BCUT2D eigenvalue weighted by Gasteiger charge is -2.17. The van der Waals surface area contributed by atoms with Gasteiger partial charge in [-0.2, -0.15) is 0 Å². The standard InChI is InChI=1S/C21H27NO3/c1-14-11-15(2)13-19(12-14)24-10-9-22-21(23)18(5)25-20-8-6-7-16(3)17(20)4/h6-8,11-13,18H,9-10H2,1-5H3,(H,22,23). The third-order valence-corrected chi connectivity index (χ3v) is 4.09. The molecule has 25 heavy (non-hydrogen) atoms. The summed E-state index contributed by atoms with van der Waals surface area (Å²) >= 11 is 0. The molecule has 0 bridgehead atoms. The Bertz CT molecular complexity index is 720. The van der Waals surface area contributed by atoms with Gasteiger partial charge in [0.05, 0.1) is 6.54 Å². The van der Waals surface area contributed by atoms with Crippen LogP contribution in [0.1, 0.15) is 29.2 Å². The number of amides is 1. The number of hydrogen-bond donors (Lipinski definition) is 1. The molecule has 2 aromatic carbocycles. The molecule has 1 N–H and O–H groups in total. The van der Waals surface area contributed by atoms with Gasteiger partial charge in [0.1, 0.15) is 18.1 Å². The second-order valence-electron chi connectivity index (χ2n) is 6.42. The van der Waals surface area contributed by atoms with E-state index in [0.29, 0.717) is 13.2 Å². The van der Waals surface area contributed by atoms with Crippen LogP contribution < -0.4 is 14.8 Å². The molecule has 0 radical (unpaired) electrons. The molecule has 0 spiro atoms. The zero-order valence-corrected chi connectivity index (χ0v) is 15.7. The highest BCUT2D eigenvalue weighted by atomic mass is 16.5. The number of carbonyl (C=O) groups excluding carboxylic acids is 1. The molecule has 2 rings (SSSR count). The molecule has 0 aliphatic rings. The van der Waals surface area contributed by atoms with Gasteiger partial charge < -0.3 is 14.8 Å². The van der Waals surface area contributed by atoms with Gasteiger partial charge >= 0.3 is 0 Å². The Kier molecular flexibility index (Phi) is 6.45. The third-order valence-electron chi connectivity index (χ3n) is 4.09. The van der Waals surface area contributed by atoms with Gasteiger partial charge in [-0.25, -0.2) is 0 Å². The molecule has 2 aromatic rings. The monoisotopic (exact) mass is 341 g/mol. The molecule has 134 valence electrons. The number of ether oxygens (including phenoxy) is 2. The molecule has 4 nitrogen and oxygen atoms in total. The molecular weight excluding hydrogens is 314 g/mol. The Morgan fingerprint density at radius 3 is 2.44 bits per heavy atom. The molecule has 0 aromatic heterocycles. The Morgan fingerprint density at radius 1 is 1.08 bits per heavy atom. The zero-order chi connectivity index (χ0) is 18.4. The summed E-state index contributed by atoms with van der Waals surface area (Å²) in [4.78, 5) is 12.2. The van der Waals surface area contributed by atoms with E-state index in [0.717, 1.165) is 33.8 Å². The van der Waals surface area contributed by atoms with Crippen LogP contribution in [0.25, 0.3) is 0 Å². The maximum Gasteiger partial charge on any atom is 0.260 e. The Labute approximate surface area is 150 Å². The van der Waals surface area contributed by atoms with Crippen molar-refractivity contribution in [2.75, 3.05) is 13.2 Å². The predicted molar refractivity (Wildman–Crippen MR) is 100 cm³/mol. The van der Waals surface area contributed by atoms with E-state index < -0.39 is 6.10 Å². The van der Waals surface area contributed by atoms with Gasteiger partial charge in [-0.15, -0.1) is 0 Å². The maximum absolute atomic E-state index is 12.2. The summed E-state index contributed by atoms with van der Waals surface area (Å²) in [5.74, 6) is 1.42. The van der Waals surface area contributed by atoms with E-state index >= 15 is 0 Å². The van der Waals surface area contributed by atoms with E-state index in [9.17, 15) is 4.79 Å². The average molecular weight is 341 g/mol. The number of carbonyl (C=O) groups is 1. The average Bonchev–Trinajstić information content (AvgIpc) is 2.54. The van der Waals surface area contributed by atoms with Crippen molar-refractivity contribution in [2.24, 2.45) is 0 Å². The highest BCUT2D eigenvalue weighted by Crippen LogP contribution is 2.21. The highest BCUT2D eigenvalue weighted by molar-refractivity contribution is 5.80. The van der Waals surface area contributed by atoms with E-state index in [1.807, 2.05) is 58.0 Å². The fraction of sp³-hybridized carbons (Fsp3) is 0.381. The summed E-state index contributed by atoms with van der Waals surface area (Å²) in [5, 5.41) is 2.85. The Hall–Kier alpha value is -2.49. The van der Waals surface area contributed by atoms with E-state index in [4.69, 9.17) is 9.47 Å². The summed E-state index contributed by atoms with van der Waals surface area (Å²) in [6.07, 6.45) is -0.554. The van der Waals surface area contributed by atoms with E-state index in [1.165, 1.54) is 0 Å². The summed E-state index contributed by atoms with van der Waals surface area (Å²) in [7, 11) is 0. The SMILES string of the molecule is Cc1cc(C)cc(OCCNC(=O)C(C)Oc2cccc(C)c2C)c1. The normalized spacial score (nSPS) is 11.7. The van der Waals surface area contributed by atoms with Crippen molar-refractivity contribution in [2.45, 2.75) is 40.7 Å². The van der Waals surface area contributed by atoms with Gasteiger partial charge in [0.15, 0.2) is 6.10 Å². The minimum atomic E-state index is -0.554. The zero-order valence-electron chi connectivity index (χ0n) is 15.7. The van der Waals surface area contributed by atoms with E-state index in [-0.39, 0.29) is 5.91 Å². The Morgan fingerprint density at radius 2 is 1.76 bits per heavy atom. The number of rotatable bonds is 7. The maximum atomic E-state index is 12.2. The molecule has 0 aliphatic heterocycles. The van der Waals surface area contributed by atoms with Crippen LogP contribution in [-0.4, -0.2) is 25.2 Å². The van der Waals surface area contributed by atoms with Gasteiger partial charge in [-0.3, -0.25) is 4.79 Å². The van der Waals surface area contributed by atoms with Crippen molar-refractivity contribution < 1.29 is 14.3 Å². The van der Waals surface area contributed by atoms with Crippen LogP contribution in [0.3, 0.4) is 0 Å². The van der Waals surface area contributed by atoms with Gasteiger partial charge in [-0.1, -0.05) is 18.2 Å². The number of aryl methyl sites for hydroxylation is 3. The smallest absolute Gasteiger partial charge is 0.260 e. The largest absolute Gasteiger partial charge is 0.492 e. The molecule has 0 saturated heterocycles. The molecular formula is C21H27NO3.